The molecule has 0 aliphatic carbocycles. The molecule has 0 aliphatic heterocycles. The van der Waals surface area contributed by atoms with Crippen molar-refractivity contribution in [2.45, 2.75) is 10.1 Å². The van der Waals surface area contributed by atoms with Gasteiger partial charge in [0.25, 0.3) is 0 Å². The van der Waals surface area contributed by atoms with Crippen LogP contribution >= 0.6 is 11.8 Å². The second-order valence-electron chi connectivity index (χ2n) is 6.65. The Morgan fingerprint density at radius 3 is 1.83 bits per heavy atom. The first-order valence-corrected chi connectivity index (χ1v) is 10.6. The molecule has 0 saturated heterocycles. The van der Waals surface area contributed by atoms with Crippen molar-refractivity contribution in [1.82, 2.24) is 0 Å². The third-order valence-corrected chi connectivity index (χ3v) is 5.70. The summed E-state index contributed by atoms with van der Waals surface area (Å²) >= 11 is 1.54. The standard InChI is InChI=1S/C26H21NO2S/c28-26(25(20-10-4-1-5-11-20)30-24-14-8-3-9-15-24)27-21-16-18-23(19-17-21)29-22-12-6-2-7-13-22/h1-19,25H,(H,27,28)/t25-/m1/s1. The molecule has 148 valence electrons. The fraction of sp³-hybridized carbons (Fsp3) is 0.0385. The number of benzene rings is 4. The Labute approximate surface area is 180 Å². The van der Waals surface area contributed by atoms with Gasteiger partial charge in [0, 0.05) is 10.6 Å². The maximum atomic E-state index is 13.1. The van der Waals surface area contributed by atoms with E-state index in [-0.39, 0.29) is 11.2 Å². The molecule has 3 nitrogen and oxygen atoms in total. The molecular weight excluding hydrogens is 390 g/mol. The summed E-state index contributed by atoms with van der Waals surface area (Å²) in [6, 6.07) is 36.8. The number of rotatable bonds is 7. The minimum absolute atomic E-state index is 0.0632. The number of amides is 1. The highest BCUT2D eigenvalue weighted by Crippen LogP contribution is 2.36. The molecule has 30 heavy (non-hydrogen) atoms. The van der Waals surface area contributed by atoms with Crippen molar-refractivity contribution >= 4 is 23.4 Å². The molecule has 1 atom stereocenters. The average Bonchev–Trinajstić information content (AvgIpc) is 2.81. The van der Waals surface area contributed by atoms with Gasteiger partial charge in [-0.05, 0) is 54.1 Å². The Morgan fingerprint density at radius 1 is 0.667 bits per heavy atom. The van der Waals surface area contributed by atoms with Gasteiger partial charge in [-0.1, -0.05) is 66.7 Å². The molecule has 0 radical (unpaired) electrons. The van der Waals surface area contributed by atoms with E-state index in [0.717, 1.165) is 27.6 Å². The normalized spacial score (nSPS) is 11.5. The van der Waals surface area contributed by atoms with Crippen LogP contribution in [0.4, 0.5) is 5.69 Å². The fourth-order valence-electron chi connectivity index (χ4n) is 2.97. The van der Waals surface area contributed by atoms with Crippen LogP contribution in [0.1, 0.15) is 10.8 Å². The topological polar surface area (TPSA) is 38.3 Å². The summed E-state index contributed by atoms with van der Waals surface area (Å²) < 4.78 is 5.82. The van der Waals surface area contributed by atoms with Crippen molar-refractivity contribution in [2.75, 3.05) is 5.32 Å². The first-order valence-electron chi connectivity index (χ1n) is 9.68. The number of hydrogen-bond donors (Lipinski definition) is 1. The average molecular weight is 412 g/mol. The van der Waals surface area contributed by atoms with E-state index in [0.29, 0.717) is 0 Å². The van der Waals surface area contributed by atoms with Gasteiger partial charge in [-0.2, -0.15) is 0 Å². The molecule has 4 aromatic carbocycles. The Morgan fingerprint density at radius 2 is 1.20 bits per heavy atom. The second kappa shape index (κ2) is 9.81. The first-order chi connectivity index (χ1) is 14.8. The Bertz CT molecular complexity index is 1070. The van der Waals surface area contributed by atoms with Crippen molar-refractivity contribution in [1.29, 1.82) is 0 Å². The van der Waals surface area contributed by atoms with Crippen LogP contribution in [0.3, 0.4) is 0 Å². The van der Waals surface area contributed by atoms with Crippen molar-refractivity contribution in [3.63, 3.8) is 0 Å². The van der Waals surface area contributed by atoms with Gasteiger partial charge in [-0.3, -0.25) is 4.79 Å². The van der Waals surface area contributed by atoms with Gasteiger partial charge in [0.15, 0.2) is 0 Å². The molecule has 1 amide bonds. The number of anilines is 1. The summed E-state index contributed by atoms with van der Waals surface area (Å²) in [5.74, 6) is 1.43. The van der Waals surface area contributed by atoms with Crippen LogP contribution in [0.25, 0.3) is 0 Å². The van der Waals surface area contributed by atoms with Crippen LogP contribution in [0.15, 0.2) is 120 Å². The van der Waals surface area contributed by atoms with Crippen LogP contribution in [0.2, 0.25) is 0 Å². The zero-order valence-corrected chi connectivity index (χ0v) is 17.1. The number of para-hydroxylation sites is 1. The summed E-state index contributed by atoms with van der Waals surface area (Å²) in [4.78, 5) is 14.2. The number of carbonyl (C=O) groups is 1. The van der Waals surface area contributed by atoms with Crippen molar-refractivity contribution in [3.05, 3.63) is 121 Å². The number of thioether (sulfide) groups is 1. The largest absolute Gasteiger partial charge is 0.457 e. The highest BCUT2D eigenvalue weighted by molar-refractivity contribution is 8.00. The van der Waals surface area contributed by atoms with Crippen molar-refractivity contribution in [3.8, 4) is 11.5 Å². The summed E-state index contributed by atoms with van der Waals surface area (Å²) in [6.07, 6.45) is 0. The first kappa shape index (κ1) is 19.8. The summed E-state index contributed by atoms with van der Waals surface area (Å²) in [7, 11) is 0. The van der Waals surface area contributed by atoms with Crippen LogP contribution in [0, 0.1) is 0 Å². The zero-order valence-electron chi connectivity index (χ0n) is 16.3. The zero-order chi connectivity index (χ0) is 20.6. The predicted octanol–water partition coefficient (Wildman–Crippen LogP) is 6.95. The lowest BCUT2D eigenvalue weighted by Gasteiger charge is -2.17. The van der Waals surface area contributed by atoms with Gasteiger partial charge in [0.1, 0.15) is 16.7 Å². The SMILES string of the molecule is O=C(Nc1ccc(Oc2ccccc2)cc1)[C@H](Sc1ccccc1)c1ccccc1. The quantitative estimate of drug-likeness (QED) is 0.334. The van der Waals surface area contributed by atoms with E-state index >= 15 is 0 Å². The van der Waals surface area contributed by atoms with Gasteiger partial charge >= 0.3 is 0 Å². The molecule has 1 N–H and O–H groups in total. The van der Waals surface area contributed by atoms with Gasteiger partial charge < -0.3 is 10.1 Å². The summed E-state index contributed by atoms with van der Waals surface area (Å²) in [5, 5.41) is 2.68. The van der Waals surface area contributed by atoms with Gasteiger partial charge in [0.05, 0.1) is 0 Å². The van der Waals surface area contributed by atoms with E-state index in [1.54, 1.807) is 0 Å². The number of carbonyl (C=O) groups excluding carboxylic acids is 1. The van der Waals surface area contributed by atoms with Crippen molar-refractivity contribution < 1.29 is 9.53 Å². The van der Waals surface area contributed by atoms with Crippen LogP contribution in [-0.2, 0) is 4.79 Å². The highest BCUT2D eigenvalue weighted by atomic mass is 32.2. The number of nitrogens with one attached hydrogen (secondary N) is 1. The molecule has 0 spiro atoms. The lowest BCUT2D eigenvalue weighted by atomic mass is 10.1. The fourth-order valence-corrected chi connectivity index (χ4v) is 4.02. The highest BCUT2D eigenvalue weighted by Gasteiger charge is 2.22. The minimum atomic E-state index is -0.353. The van der Waals surface area contributed by atoms with E-state index in [9.17, 15) is 4.79 Å². The van der Waals surface area contributed by atoms with Crippen LogP contribution in [-0.4, -0.2) is 5.91 Å². The predicted molar refractivity (Wildman–Crippen MR) is 123 cm³/mol. The Balaban J connectivity index is 1.48. The molecule has 0 fully saturated rings. The molecular formula is C26H21NO2S. The minimum Gasteiger partial charge on any atom is -0.457 e. The molecule has 4 heteroatoms. The van der Waals surface area contributed by atoms with E-state index in [1.165, 1.54) is 11.8 Å². The third-order valence-electron chi connectivity index (χ3n) is 4.44. The lowest BCUT2D eigenvalue weighted by molar-refractivity contribution is -0.115. The Hall–Kier alpha value is -3.50. The summed E-state index contributed by atoms with van der Waals surface area (Å²) in [6.45, 7) is 0. The van der Waals surface area contributed by atoms with E-state index in [4.69, 9.17) is 4.74 Å². The molecule has 4 aromatic rings. The smallest absolute Gasteiger partial charge is 0.242 e. The van der Waals surface area contributed by atoms with Gasteiger partial charge in [-0.15, -0.1) is 11.8 Å². The van der Waals surface area contributed by atoms with Crippen LogP contribution < -0.4 is 10.1 Å². The van der Waals surface area contributed by atoms with Crippen LogP contribution in [0.5, 0.6) is 11.5 Å². The number of ether oxygens (including phenoxy) is 1. The molecule has 0 bridgehead atoms. The Kier molecular flexibility index (Phi) is 6.47. The third kappa shape index (κ3) is 5.31. The molecule has 0 saturated carbocycles. The van der Waals surface area contributed by atoms with E-state index in [2.05, 4.69) is 5.32 Å². The maximum Gasteiger partial charge on any atom is 0.242 e. The van der Waals surface area contributed by atoms with E-state index < -0.39 is 0 Å². The number of hydrogen-bond acceptors (Lipinski definition) is 3. The molecule has 0 aliphatic rings. The lowest BCUT2D eigenvalue weighted by Crippen LogP contribution is -2.19. The molecule has 4 rings (SSSR count). The summed E-state index contributed by atoms with van der Waals surface area (Å²) in [5.41, 5.74) is 1.70. The second-order valence-corrected chi connectivity index (χ2v) is 7.83. The molecule has 0 aromatic heterocycles. The van der Waals surface area contributed by atoms with Crippen molar-refractivity contribution in [2.24, 2.45) is 0 Å². The van der Waals surface area contributed by atoms with Gasteiger partial charge in [-0.25, -0.2) is 0 Å². The maximum absolute atomic E-state index is 13.1. The molecule has 0 unspecified atom stereocenters. The molecule has 0 heterocycles. The monoisotopic (exact) mass is 411 g/mol. The van der Waals surface area contributed by atoms with E-state index in [1.807, 2.05) is 115 Å². The van der Waals surface area contributed by atoms with Gasteiger partial charge in [0.2, 0.25) is 5.91 Å².